The van der Waals surface area contributed by atoms with Crippen LogP contribution in [0.2, 0.25) is 0 Å². The Balaban J connectivity index is 1.20. The molecule has 1 saturated heterocycles. The SMILES string of the molecule is CN(CCCCN1CCN(C(c2ccccc2)c2ccccc2)CC1)C(=O)/C=C/c1cccnc1. The number of carbonyl (C=O) groups is 1. The number of carbonyl (C=O) groups excluding carboxylic acids is 1. The van der Waals surface area contributed by atoms with Crippen LogP contribution in [0.25, 0.3) is 6.08 Å². The molecule has 0 N–H and O–H groups in total. The van der Waals surface area contributed by atoms with Gasteiger partial charge in [-0.05, 0) is 48.2 Å². The second-order valence-electron chi connectivity index (χ2n) is 9.19. The van der Waals surface area contributed by atoms with Crippen molar-refractivity contribution < 1.29 is 4.79 Å². The lowest BCUT2D eigenvalue weighted by Gasteiger charge is -2.40. The number of unbranched alkanes of at least 4 members (excludes halogenated alkanes) is 1. The summed E-state index contributed by atoms with van der Waals surface area (Å²) in [5.41, 5.74) is 3.66. The first-order chi connectivity index (χ1) is 17.2. The summed E-state index contributed by atoms with van der Waals surface area (Å²) in [6.45, 7) is 6.15. The van der Waals surface area contributed by atoms with Crippen molar-refractivity contribution in [3.8, 4) is 0 Å². The minimum absolute atomic E-state index is 0.0373. The number of pyridine rings is 1. The standard InChI is InChI=1S/C30H36N4O/c1-32(29(35)17-16-26-11-10-18-31-25-26)19-8-9-20-33-21-23-34(24-22-33)30(27-12-4-2-5-13-27)28-14-6-3-7-15-28/h2-7,10-18,25,30H,8-9,19-24H2,1H3/b17-16+. The van der Waals surface area contributed by atoms with E-state index in [4.69, 9.17) is 0 Å². The van der Waals surface area contributed by atoms with E-state index in [0.29, 0.717) is 6.04 Å². The van der Waals surface area contributed by atoms with Gasteiger partial charge in [0.25, 0.3) is 0 Å². The number of benzene rings is 2. The summed E-state index contributed by atoms with van der Waals surface area (Å²) in [7, 11) is 1.88. The summed E-state index contributed by atoms with van der Waals surface area (Å²) in [6, 6.07) is 25.8. The van der Waals surface area contributed by atoms with Crippen molar-refractivity contribution in [2.45, 2.75) is 18.9 Å². The van der Waals surface area contributed by atoms with Gasteiger partial charge in [-0.1, -0.05) is 66.7 Å². The molecule has 1 fully saturated rings. The maximum absolute atomic E-state index is 12.3. The largest absolute Gasteiger partial charge is 0.342 e. The molecule has 2 heterocycles. The van der Waals surface area contributed by atoms with Crippen LogP contribution in [-0.2, 0) is 4.79 Å². The monoisotopic (exact) mass is 468 g/mol. The Morgan fingerprint density at radius 3 is 2.17 bits per heavy atom. The average Bonchev–Trinajstić information content (AvgIpc) is 2.92. The van der Waals surface area contributed by atoms with Gasteiger partial charge in [-0.25, -0.2) is 0 Å². The van der Waals surface area contributed by atoms with Crippen molar-refractivity contribution in [1.29, 1.82) is 0 Å². The Kier molecular flexibility index (Phi) is 9.21. The Morgan fingerprint density at radius 1 is 0.914 bits per heavy atom. The van der Waals surface area contributed by atoms with Gasteiger partial charge in [0.1, 0.15) is 0 Å². The molecule has 35 heavy (non-hydrogen) atoms. The highest BCUT2D eigenvalue weighted by Gasteiger charge is 2.26. The van der Waals surface area contributed by atoms with E-state index in [-0.39, 0.29) is 5.91 Å². The fraction of sp³-hybridized carbons (Fsp3) is 0.333. The molecule has 0 bridgehead atoms. The summed E-state index contributed by atoms with van der Waals surface area (Å²) >= 11 is 0. The topological polar surface area (TPSA) is 39.7 Å². The molecule has 1 aromatic heterocycles. The third-order valence-corrected chi connectivity index (χ3v) is 6.70. The van der Waals surface area contributed by atoms with Crippen LogP contribution in [0.1, 0.15) is 35.6 Å². The van der Waals surface area contributed by atoms with E-state index in [1.807, 2.05) is 25.3 Å². The van der Waals surface area contributed by atoms with Crippen LogP contribution in [-0.4, -0.2) is 71.9 Å². The highest BCUT2D eigenvalue weighted by molar-refractivity contribution is 5.91. The van der Waals surface area contributed by atoms with Crippen LogP contribution in [0.15, 0.2) is 91.3 Å². The molecular formula is C30H36N4O. The van der Waals surface area contributed by atoms with Gasteiger partial charge in [0, 0.05) is 58.2 Å². The van der Waals surface area contributed by atoms with Crippen molar-refractivity contribution in [2.75, 3.05) is 46.3 Å². The second kappa shape index (κ2) is 13.0. The lowest BCUT2D eigenvalue weighted by molar-refractivity contribution is -0.124. The van der Waals surface area contributed by atoms with Crippen LogP contribution in [0.4, 0.5) is 0 Å². The lowest BCUT2D eigenvalue weighted by Crippen LogP contribution is -2.48. The fourth-order valence-electron chi connectivity index (χ4n) is 4.69. The van der Waals surface area contributed by atoms with Crippen LogP contribution in [0, 0.1) is 0 Å². The van der Waals surface area contributed by atoms with Crippen molar-refractivity contribution in [1.82, 2.24) is 19.7 Å². The first kappa shape index (κ1) is 24.8. The van der Waals surface area contributed by atoms with Crippen molar-refractivity contribution in [3.05, 3.63) is 108 Å². The zero-order valence-electron chi connectivity index (χ0n) is 20.7. The number of hydrogen-bond acceptors (Lipinski definition) is 4. The van der Waals surface area contributed by atoms with Gasteiger partial charge in [0.05, 0.1) is 6.04 Å². The average molecular weight is 469 g/mol. The minimum Gasteiger partial charge on any atom is -0.342 e. The summed E-state index contributed by atoms with van der Waals surface area (Å²) in [6.07, 6.45) is 9.06. The van der Waals surface area contributed by atoms with Crippen molar-refractivity contribution in [2.24, 2.45) is 0 Å². The molecule has 0 spiro atoms. The summed E-state index contributed by atoms with van der Waals surface area (Å²) < 4.78 is 0. The number of hydrogen-bond donors (Lipinski definition) is 0. The van der Waals surface area contributed by atoms with E-state index < -0.39 is 0 Å². The Morgan fingerprint density at radius 2 is 1.57 bits per heavy atom. The van der Waals surface area contributed by atoms with Gasteiger partial charge in [-0.15, -0.1) is 0 Å². The fourth-order valence-corrected chi connectivity index (χ4v) is 4.69. The number of piperazine rings is 1. The molecule has 0 atom stereocenters. The smallest absolute Gasteiger partial charge is 0.246 e. The van der Waals surface area contributed by atoms with Gasteiger partial charge in [0.15, 0.2) is 0 Å². The predicted molar refractivity (Wildman–Crippen MR) is 143 cm³/mol. The molecule has 3 aromatic rings. The molecule has 5 nitrogen and oxygen atoms in total. The molecule has 4 rings (SSSR count). The molecule has 182 valence electrons. The van der Waals surface area contributed by atoms with Crippen LogP contribution < -0.4 is 0 Å². The highest BCUT2D eigenvalue weighted by atomic mass is 16.2. The van der Waals surface area contributed by atoms with Crippen LogP contribution in [0.3, 0.4) is 0 Å². The molecule has 0 saturated carbocycles. The van der Waals surface area contributed by atoms with E-state index in [1.54, 1.807) is 23.4 Å². The summed E-state index contributed by atoms with van der Waals surface area (Å²) in [5.74, 6) is 0.0373. The highest BCUT2D eigenvalue weighted by Crippen LogP contribution is 2.29. The Hall–Kier alpha value is -3.28. The minimum atomic E-state index is 0.0373. The molecule has 1 aliphatic rings. The van der Waals surface area contributed by atoms with E-state index in [0.717, 1.165) is 57.7 Å². The van der Waals surface area contributed by atoms with Crippen molar-refractivity contribution in [3.63, 3.8) is 0 Å². The zero-order valence-corrected chi connectivity index (χ0v) is 20.7. The van der Waals surface area contributed by atoms with Gasteiger partial charge in [0.2, 0.25) is 5.91 Å². The first-order valence-corrected chi connectivity index (χ1v) is 12.6. The first-order valence-electron chi connectivity index (χ1n) is 12.6. The second-order valence-corrected chi connectivity index (χ2v) is 9.19. The lowest BCUT2D eigenvalue weighted by atomic mass is 9.96. The van der Waals surface area contributed by atoms with Crippen molar-refractivity contribution >= 4 is 12.0 Å². The number of amides is 1. The van der Waals surface area contributed by atoms with E-state index in [1.165, 1.54) is 11.1 Å². The van der Waals surface area contributed by atoms with Gasteiger partial charge >= 0.3 is 0 Å². The molecule has 0 unspecified atom stereocenters. The van der Waals surface area contributed by atoms with E-state index in [9.17, 15) is 4.79 Å². The number of likely N-dealkylation sites (N-methyl/N-ethyl adjacent to an activating group) is 1. The number of rotatable bonds is 10. The molecular weight excluding hydrogens is 432 g/mol. The number of nitrogens with zero attached hydrogens (tertiary/aromatic N) is 4. The molecule has 1 amide bonds. The Labute approximate surface area is 209 Å². The van der Waals surface area contributed by atoms with Gasteiger partial charge in [-0.3, -0.25) is 14.7 Å². The Bertz CT molecular complexity index is 1010. The van der Waals surface area contributed by atoms with E-state index >= 15 is 0 Å². The normalized spacial score (nSPS) is 15.0. The third-order valence-electron chi connectivity index (χ3n) is 6.70. The van der Waals surface area contributed by atoms with Gasteiger partial charge in [-0.2, -0.15) is 0 Å². The van der Waals surface area contributed by atoms with Crippen LogP contribution in [0.5, 0.6) is 0 Å². The molecule has 0 aliphatic carbocycles. The quantitative estimate of drug-likeness (QED) is 0.318. The predicted octanol–water partition coefficient (Wildman–Crippen LogP) is 4.74. The van der Waals surface area contributed by atoms with Crippen LogP contribution >= 0.6 is 0 Å². The molecule has 1 aliphatic heterocycles. The molecule has 2 aromatic carbocycles. The molecule has 0 radical (unpaired) electrons. The zero-order chi connectivity index (χ0) is 24.3. The number of aromatic nitrogens is 1. The molecule has 5 heteroatoms. The summed E-state index contributed by atoms with van der Waals surface area (Å²) in [4.78, 5) is 23.4. The third kappa shape index (κ3) is 7.35. The van der Waals surface area contributed by atoms with Gasteiger partial charge < -0.3 is 9.80 Å². The maximum atomic E-state index is 12.3. The van der Waals surface area contributed by atoms with E-state index in [2.05, 4.69) is 75.4 Å². The maximum Gasteiger partial charge on any atom is 0.246 e. The summed E-state index contributed by atoms with van der Waals surface area (Å²) in [5, 5.41) is 0.